The van der Waals surface area contributed by atoms with E-state index in [9.17, 15) is 14.0 Å². The van der Waals surface area contributed by atoms with Gasteiger partial charge in [-0.25, -0.2) is 9.37 Å². The van der Waals surface area contributed by atoms with Crippen LogP contribution in [0.3, 0.4) is 0 Å². The summed E-state index contributed by atoms with van der Waals surface area (Å²) in [6.45, 7) is 1.70. The van der Waals surface area contributed by atoms with E-state index in [0.717, 1.165) is 54.7 Å². The fraction of sp³-hybridized carbons (Fsp3) is 0.450. The number of halogens is 1. The fourth-order valence-electron chi connectivity index (χ4n) is 3.22. The number of aryl methyl sites for hydroxylation is 2. The first-order chi connectivity index (χ1) is 12.5. The van der Waals surface area contributed by atoms with Gasteiger partial charge in [0.15, 0.2) is 5.16 Å². The van der Waals surface area contributed by atoms with Crippen molar-refractivity contribution in [2.24, 2.45) is 0 Å². The first kappa shape index (κ1) is 18.8. The number of aromatic nitrogens is 2. The highest BCUT2D eigenvalue weighted by atomic mass is 32.2. The maximum absolute atomic E-state index is 13.3. The van der Waals surface area contributed by atoms with E-state index >= 15 is 0 Å². The molecule has 3 rings (SSSR count). The summed E-state index contributed by atoms with van der Waals surface area (Å²) in [6, 6.07) is 4.80. The Morgan fingerprint density at radius 1 is 1.31 bits per heavy atom. The highest BCUT2D eigenvalue weighted by Crippen LogP contribution is 2.20. The Bertz CT molecular complexity index is 863. The summed E-state index contributed by atoms with van der Waals surface area (Å²) in [6.07, 6.45) is 5.37. The van der Waals surface area contributed by atoms with Crippen molar-refractivity contribution >= 4 is 17.5 Å². The van der Waals surface area contributed by atoms with Gasteiger partial charge >= 0.3 is 0 Å². The third kappa shape index (κ3) is 4.81. The number of fused-ring (bicyclic) bond motifs is 1. The van der Waals surface area contributed by atoms with E-state index in [-0.39, 0.29) is 17.2 Å². The minimum absolute atomic E-state index is 0.0139. The molecule has 1 aliphatic rings. The lowest BCUT2D eigenvalue weighted by molar-refractivity contribution is -0.118. The number of benzene rings is 1. The third-order valence-corrected chi connectivity index (χ3v) is 5.59. The van der Waals surface area contributed by atoms with E-state index in [4.69, 9.17) is 0 Å². The number of Topliss-reactive ketones (excluding diaryl/α,β-unsaturated/α-hetero) is 1. The summed E-state index contributed by atoms with van der Waals surface area (Å²) in [4.78, 5) is 31.6. The number of hydrogen-bond donors (Lipinski definition) is 1. The van der Waals surface area contributed by atoms with Gasteiger partial charge in [0.25, 0.3) is 5.56 Å². The summed E-state index contributed by atoms with van der Waals surface area (Å²) in [5.74, 6) is 0.628. The standard InChI is InChI=1S/C20H23FN2O2S/c1-13-11-14(8-9-17(13)21)12-15(24)5-4-10-26-20-22-18-7-3-2-6-16(18)19(25)23-20/h8-9,11H,2-7,10,12H2,1H3,(H,22,23,25). The third-order valence-electron chi connectivity index (χ3n) is 4.63. The molecule has 0 saturated heterocycles. The van der Waals surface area contributed by atoms with Crippen molar-refractivity contribution in [2.45, 2.75) is 57.0 Å². The topological polar surface area (TPSA) is 62.8 Å². The molecule has 1 heterocycles. The summed E-state index contributed by atoms with van der Waals surface area (Å²) in [7, 11) is 0. The molecule has 0 aliphatic heterocycles. The summed E-state index contributed by atoms with van der Waals surface area (Å²) in [5, 5.41) is 0.650. The Morgan fingerprint density at radius 2 is 2.12 bits per heavy atom. The summed E-state index contributed by atoms with van der Waals surface area (Å²) in [5.41, 5.74) is 3.17. The normalized spacial score (nSPS) is 13.5. The Kier molecular flexibility index (Phi) is 6.25. The predicted molar refractivity (Wildman–Crippen MR) is 101 cm³/mol. The first-order valence-corrected chi connectivity index (χ1v) is 10.0. The van der Waals surface area contributed by atoms with E-state index in [2.05, 4.69) is 9.97 Å². The van der Waals surface area contributed by atoms with Gasteiger partial charge in [-0.1, -0.05) is 23.9 Å². The molecule has 0 spiro atoms. The maximum atomic E-state index is 13.3. The lowest BCUT2D eigenvalue weighted by Crippen LogP contribution is -2.21. The van der Waals surface area contributed by atoms with Gasteiger partial charge < -0.3 is 4.98 Å². The zero-order valence-corrected chi connectivity index (χ0v) is 15.8. The predicted octanol–water partition coefficient (Wildman–Crippen LogP) is 3.78. The second-order valence-electron chi connectivity index (χ2n) is 6.75. The van der Waals surface area contributed by atoms with Gasteiger partial charge in [0.2, 0.25) is 0 Å². The lowest BCUT2D eigenvalue weighted by atomic mass is 9.97. The first-order valence-electron chi connectivity index (χ1n) is 9.04. The molecule has 26 heavy (non-hydrogen) atoms. The van der Waals surface area contributed by atoms with Gasteiger partial charge in [0.1, 0.15) is 11.6 Å². The number of hydrogen-bond acceptors (Lipinski definition) is 4. The van der Waals surface area contributed by atoms with Gasteiger partial charge in [0, 0.05) is 24.2 Å². The molecule has 0 amide bonds. The van der Waals surface area contributed by atoms with Gasteiger partial charge in [0.05, 0.1) is 5.69 Å². The SMILES string of the molecule is Cc1cc(CC(=O)CCCSc2nc3c(c(=O)[nH]2)CCCC3)ccc1F. The van der Waals surface area contributed by atoms with Gasteiger partial charge in [-0.05, 0) is 56.2 Å². The van der Waals surface area contributed by atoms with Crippen LogP contribution in [-0.4, -0.2) is 21.5 Å². The molecule has 1 aliphatic carbocycles. The molecule has 0 bridgehead atoms. The molecule has 0 fully saturated rings. The van der Waals surface area contributed by atoms with Crippen LogP contribution in [0.1, 0.15) is 48.1 Å². The number of rotatable bonds is 7. The number of carbonyl (C=O) groups excluding carboxylic acids is 1. The molecular formula is C20H23FN2O2S. The average molecular weight is 374 g/mol. The maximum Gasteiger partial charge on any atom is 0.254 e. The zero-order chi connectivity index (χ0) is 18.5. The largest absolute Gasteiger partial charge is 0.301 e. The van der Waals surface area contributed by atoms with Crippen LogP contribution in [0, 0.1) is 12.7 Å². The molecule has 1 N–H and O–H groups in total. The minimum atomic E-state index is -0.246. The van der Waals surface area contributed by atoms with E-state index in [1.807, 2.05) is 0 Å². The van der Waals surface area contributed by atoms with Crippen LogP contribution in [0.5, 0.6) is 0 Å². The van der Waals surface area contributed by atoms with Crippen molar-refractivity contribution in [1.82, 2.24) is 9.97 Å². The molecule has 138 valence electrons. The van der Waals surface area contributed by atoms with Crippen molar-refractivity contribution in [2.75, 3.05) is 5.75 Å². The summed E-state index contributed by atoms with van der Waals surface area (Å²) < 4.78 is 13.3. The van der Waals surface area contributed by atoms with E-state index in [1.165, 1.54) is 17.8 Å². The van der Waals surface area contributed by atoms with Crippen molar-refractivity contribution in [3.05, 3.63) is 56.8 Å². The van der Waals surface area contributed by atoms with Crippen LogP contribution < -0.4 is 5.56 Å². The molecule has 1 aromatic carbocycles. The minimum Gasteiger partial charge on any atom is -0.301 e. The fourth-order valence-corrected chi connectivity index (χ4v) is 4.04. The molecule has 1 aromatic heterocycles. The van der Waals surface area contributed by atoms with E-state index in [1.54, 1.807) is 19.1 Å². The molecule has 0 saturated carbocycles. The molecule has 6 heteroatoms. The number of H-pyrrole nitrogens is 1. The molecule has 4 nitrogen and oxygen atoms in total. The van der Waals surface area contributed by atoms with Gasteiger partial charge in [-0.15, -0.1) is 0 Å². The van der Waals surface area contributed by atoms with Crippen molar-refractivity contribution in [3.8, 4) is 0 Å². The number of nitrogens with one attached hydrogen (secondary N) is 1. The van der Waals surface area contributed by atoms with Crippen LogP contribution in [0.4, 0.5) is 4.39 Å². The number of thioether (sulfide) groups is 1. The Labute approximate surface area is 156 Å². The van der Waals surface area contributed by atoms with Crippen LogP contribution in [-0.2, 0) is 24.1 Å². The highest BCUT2D eigenvalue weighted by molar-refractivity contribution is 7.99. The Morgan fingerprint density at radius 3 is 2.92 bits per heavy atom. The smallest absolute Gasteiger partial charge is 0.254 e. The quantitative estimate of drug-likeness (QED) is 0.455. The number of nitrogens with zero attached hydrogens (tertiary/aromatic N) is 1. The summed E-state index contributed by atoms with van der Waals surface area (Å²) >= 11 is 1.49. The Hall–Kier alpha value is -1.95. The lowest BCUT2D eigenvalue weighted by Gasteiger charge is -2.14. The van der Waals surface area contributed by atoms with E-state index < -0.39 is 0 Å². The Balaban J connectivity index is 1.46. The van der Waals surface area contributed by atoms with Crippen molar-refractivity contribution in [1.29, 1.82) is 0 Å². The molecule has 2 aromatic rings. The van der Waals surface area contributed by atoms with Crippen LogP contribution in [0.2, 0.25) is 0 Å². The zero-order valence-electron chi connectivity index (χ0n) is 14.9. The molecule has 0 unspecified atom stereocenters. The monoisotopic (exact) mass is 374 g/mol. The number of carbonyl (C=O) groups is 1. The van der Waals surface area contributed by atoms with E-state index in [0.29, 0.717) is 23.6 Å². The average Bonchev–Trinajstić information content (AvgIpc) is 2.62. The van der Waals surface area contributed by atoms with Crippen LogP contribution in [0.15, 0.2) is 28.2 Å². The van der Waals surface area contributed by atoms with Gasteiger partial charge in [-0.3, -0.25) is 9.59 Å². The highest BCUT2D eigenvalue weighted by Gasteiger charge is 2.15. The number of aromatic amines is 1. The second-order valence-corrected chi connectivity index (χ2v) is 7.84. The van der Waals surface area contributed by atoms with Crippen molar-refractivity contribution < 1.29 is 9.18 Å². The molecule has 0 radical (unpaired) electrons. The van der Waals surface area contributed by atoms with Crippen molar-refractivity contribution in [3.63, 3.8) is 0 Å². The van der Waals surface area contributed by atoms with Gasteiger partial charge in [-0.2, -0.15) is 0 Å². The molecule has 0 atom stereocenters. The molecular weight excluding hydrogens is 351 g/mol. The number of ketones is 1. The van der Waals surface area contributed by atoms with Crippen LogP contribution in [0.25, 0.3) is 0 Å². The van der Waals surface area contributed by atoms with Crippen LogP contribution >= 0.6 is 11.8 Å². The second kappa shape index (κ2) is 8.62.